The summed E-state index contributed by atoms with van der Waals surface area (Å²) in [6.45, 7) is 2.03. The van der Waals surface area contributed by atoms with Gasteiger partial charge < -0.3 is 5.73 Å². The van der Waals surface area contributed by atoms with Crippen LogP contribution >= 0.6 is 0 Å². The molecule has 0 atom stereocenters. The SMILES string of the molecule is CCCc1nccn1C(N)=O. The molecule has 0 saturated carbocycles. The van der Waals surface area contributed by atoms with Gasteiger partial charge in [-0.1, -0.05) is 6.92 Å². The topological polar surface area (TPSA) is 60.9 Å². The third-order valence-corrected chi connectivity index (χ3v) is 1.43. The highest BCUT2D eigenvalue weighted by Gasteiger charge is 2.04. The van der Waals surface area contributed by atoms with Crippen molar-refractivity contribution in [3.63, 3.8) is 0 Å². The first-order valence-electron chi connectivity index (χ1n) is 3.57. The Morgan fingerprint density at radius 3 is 3.09 bits per heavy atom. The van der Waals surface area contributed by atoms with Crippen molar-refractivity contribution in [3.05, 3.63) is 18.2 Å². The van der Waals surface area contributed by atoms with E-state index in [2.05, 4.69) is 4.98 Å². The second kappa shape index (κ2) is 3.18. The highest BCUT2D eigenvalue weighted by atomic mass is 16.2. The van der Waals surface area contributed by atoms with Gasteiger partial charge in [-0.2, -0.15) is 0 Å². The summed E-state index contributed by atoms with van der Waals surface area (Å²) in [4.78, 5) is 14.7. The number of rotatable bonds is 2. The number of hydrogen-bond acceptors (Lipinski definition) is 2. The number of aryl methyl sites for hydroxylation is 1. The lowest BCUT2D eigenvalue weighted by atomic mass is 10.3. The van der Waals surface area contributed by atoms with Crippen molar-refractivity contribution in [1.82, 2.24) is 9.55 Å². The van der Waals surface area contributed by atoms with E-state index in [1.54, 1.807) is 12.4 Å². The number of carbonyl (C=O) groups is 1. The first-order chi connectivity index (χ1) is 5.25. The third kappa shape index (κ3) is 1.58. The fourth-order valence-corrected chi connectivity index (χ4v) is 0.944. The van der Waals surface area contributed by atoms with Gasteiger partial charge >= 0.3 is 6.03 Å². The summed E-state index contributed by atoms with van der Waals surface area (Å²) in [5.74, 6) is 0.736. The Morgan fingerprint density at radius 1 is 1.82 bits per heavy atom. The summed E-state index contributed by atoms with van der Waals surface area (Å²) in [5, 5.41) is 0. The van der Waals surface area contributed by atoms with Crippen LogP contribution in [0, 0.1) is 0 Å². The van der Waals surface area contributed by atoms with Gasteiger partial charge in [0.1, 0.15) is 5.82 Å². The molecule has 0 aliphatic carbocycles. The van der Waals surface area contributed by atoms with Gasteiger partial charge in [0, 0.05) is 18.8 Å². The number of amides is 1. The largest absolute Gasteiger partial charge is 0.351 e. The molecule has 1 aromatic heterocycles. The average Bonchev–Trinajstić information content (AvgIpc) is 2.36. The van der Waals surface area contributed by atoms with Crippen molar-refractivity contribution < 1.29 is 4.79 Å². The lowest BCUT2D eigenvalue weighted by Crippen LogP contribution is -2.20. The molecule has 2 N–H and O–H groups in total. The molecule has 0 bridgehead atoms. The summed E-state index contributed by atoms with van der Waals surface area (Å²) >= 11 is 0. The fourth-order valence-electron chi connectivity index (χ4n) is 0.944. The Balaban J connectivity index is 2.87. The van der Waals surface area contributed by atoms with E-state index in [-0.39, 0.29) is 0 Å². The second-order valence-corrected chi connectivity index (χ2v) is 2.30. The summed E-state index contributed by atoms with van der Waals surface area (Å²) in [6.07, 6.45) is 4.91. The van der Waals surface area contributed by atoms with E-state index in [1.807, 2.05) is 6.92 Å². The molecule has 1 amide bonds. The Morgan fingerprint density at radius 2 is 2.55 bits per heavy atom. The van der Waals surface area contributed by atoms with E-state index in [0.29, 0.717) is 0 Å². The number of aromatic nitrogens is 2. The molecule has 0 fully saturated rings. The third-order valence-electron chi connectivity index (χ3n) is 1.43. The zero-order valence-corrected chi connectivity index (χ0v) is 6.45. The maximum absolute atomic E-state index is 10.7. The lowest BCUT2D eigenvalue weighted by molar-refractivity contribution is 0.249. The molecule has 4 heteroatoms. The predicted molar refractivity (Wildman–Crippen MR) is 41.2 cm³/mol. The van der Waals surface area contributed by atoms with Gasteiger partial charge in [-0.05, 0) is 6.42 Å². The van der Waals surface area contributed by atoms with Crippen LogP contribution in [-0.2, 0) is 6.42 Å². The first kappa shape index (κ1) is 7.78. The first-order valence-corrected chi connectivity index (χ1v) is 3.57. The normalized spacial score (nSPS) is 9.91. The van der Waals surface area contributed by atoms with Crippen LogP contribution in [0.15, 0.2) is 12.4 Å². The minimum atomic E-state index is -0.467. The van der Waals surface area contributed by atoms with Crippen LogP contribution in [0.4, 0.5) is 4.79 Å². The van der Waals surface area contributed by atoms with Gasteiger partial charge in [0.25, 0.3) is 0 Å². The standard InChI is InChI=1S/C7H11N3O/c1-2-3-6-9-4-5-10(6)7(8)11/h4-5H,2-3H2,1H3,(H2,8,11). The quantitative estimate of drug-likeness (QED) is 0.681. The number of hydrogen-bond donors (Lipinski definition) is 1. The monoisotopic (exact) mass is 153 g/mol. The van der Waals surface area contributed by atoms with Crippen molar-refractivity contribution in [2.45, 2.75) is 19.8 Å². The lowest BCUT2D eigenvalue weighted by Gasteiger charge is -1.99. The molecule has 0 saturated heterocycles. The summed E-state index contributed by atoms with van der Waals surface area (Å²) in [7, 11) is 0. The molecule has 11 heavy (non-hydrogen) atoms. The molecule has 0 aliphatic heterocycles. The maximum atomic E-state index is 10.7. The van der Waals surface area contributed by atoms with E-state index in [1.165, 1.54) is 4.57 Å². The van der Waals surface area contributed by atoms with Crippen LogP contribution in [0.5, 0.6) is 0 Å². The Hall–Kier alpha value is -1.32. The van der Waals surface area contributed by atoms with Crippen LogP contribution < -0.4 is 5.73 Å². The molecular formula is C7H11N3O. The van der Waals surface area contributed by atoms with Crippen LogP contribution in [0.3, 0.4) is 0 Å². The van der Waals surface area contributed by atoms with E-state index in [9.17, 15) is 4.79 Å². The number of carbonyl (C=O) groups excluding carboxylic acids is 1. The molecule has 0 radical (unpaired) electrons. The number of imidazole rings is 1. The van der Waals surface area contributed by atoms with Gasteiger partial charge in [0.2, 0.25) is 0 Å². The van der Waals surface area contributed by atoms with Crippen LogP contribution in [0.25, 0.3) is 0 Å². The zero-order chi connectivity index (χ0) is 8.27. The highest BCUT2D eigenvalue weighted by molar-refractivity contribution is 5.75. The molecule has 0 aromatic carbocycles. The number of nitrogens with two attached hydrogens (primary N) is 1. The van der Waals surface area contributed by atoms with Crippen molar-refractivity contribution >= 4 is 6.03 Å². The van der Waals surface area contributed by atoms with Gasteiger partial charge in [0.05, 0.1) is 0 Å². The molecule has 4 nitrogen and oxygen atoms in total. The van der Waals surface area contributed by atoms with Crippen LogP contribution in [-0.4, -0.2) is 15.6 Å². The molecule has 0 aliphatic rings. The Kier molecular flexibility index (Phi) is 2.25. The minimum absolute atomic E-state index is 0.467. The minimum Gasteiger partial charge on any atom is -0.351 e. The van der Waals surface area contributed by atoms with Crippen LogP contribution in [0.1, 0.15) is 19.2 Å². The Bertz CT molecular complexity index is 254. The number of nitrogens with zero attached hydrogens (tertiary/aromatic N) is 2. The van der Waals surface area contributed by atoms with Gasteiger partial charge in [-0.25, -0.2) is 9.78 Å². The second-order valence-electron chi connectivity index (χ2n) is 2.30. The molecule has 1 rings (SSSR count). The van der Waals surface area contributed by atoms with Crippen LogP contribution in [0.2, 0.25) is 0 Å². The molecular weight excluding hydrogens is 142 g/mol. The zero-order valence-electron chi connectivity index (χ0n) is 6.45. The molecule has 0 unspecified atom stereocenters. The van der Waals surface area contributed by atoms with Gasteiger partial charge in [0.15, 0.2) is 0 Å². The van der Waals surface area contributed by atoms with Gasteiger partial charge in [-0.3, -0.25) is 4.57 Å². The van der Waals surface area contributed by atoms with Crippen molar-refractivity contribution in [1.29, 1.82) is 0 Å². The highest BCUT2D eigenvalue weighted by Crippen LogP contribution is 1.99. The van der Waals surface area contributed by atoms with Crippen molar-refractivity contribution in [3.8, 4) is 0 Å². The summed E-state index contributed by atoms with van der Waals surface area (Å²) in [5.41, 5.74) is 5.07. The summed E-state index contributed by atoms with van der Waals surface area (Å²) < 4.78 is 1.36. The average molecular weight is 153 g/mol. The summed E-state index contributed by atoms with van der Waals surface area (Å²) in [6, 6.07) is -0.467. The molecule has 1 aromatic rings. The smallest absolute Gasteiger partial charge is 0.324 e. The molecule has 1 heterocycles. The van der Waals surface area contributed by atoms with E-state index < -0.39 is 6.03 Å². The van der Waals surface area contributed by atoms with E-state index in [0.717, 1.165) is 18.7 Å². The molecule has 0 spiro atoms. The Labute approximate surface area is 65.0 Å². The fraction of sp³-hybridized carbons (Fsp3) is 0.429. The van der Waals surface area contributed by atoms with E-state index >= 15 is 0 Å². The maximum Gasteiger partial charge on any atom is 0.324 e. The van der Waals surface area contributed by atoms with Crippen molar-refractivity contribution in [2.24, 2.45) is 5.73 Å². The van der Waals surface area contributed by atoms with Gasteiger partial charge in [-0.15, -0.1) is 0 Å². The molecule has 60 valence electrons. The van der Waals surface area contributed by atoms with E-state index in [4.69, 9.17) is 5.73 Å². The predicted octanol–water partition coefficient (Wildman–Crippen LogP) is 0.762. The van der Waals surface area contributed by atoms with Crippen molar-refractivity contribution in [2.75, 3.05) is 0 Å². The number of primary amides is 1.